The van der Waals surface area contributed by atoms with Gasteiger partial charge < -0.3 is 20.1 Å². The molecule has 0 unspecified atom stereocenters. The van der Waals surface area contributed by atoms with Crippen molar-refractivity contribution in [3.8, 4) is 11.5 Å². The molecule has 2 rings (SSSR count). The smallest absolute Gasteiger partial charge is 0.251 e. The lowest BCUT2D eigenvalue weighted by atomic mass is 10.2. The number of benzene rings is 1. The summed E-state index contributed by atoms with van der Waals surface area (Å²) < 4.78 is 10.4. The van der Waals surface area contributed by atoms with Crippen molar-refractivity contribution in [1.82, 2.24) is 10.6 Å². The van der Waals surface area contributed by atoms with E-state index in [2.05, 4.69) is 10.6 Å². The van der Waals surface area contributed by atoms with Gasteiger partial charge in [-0.25, -0.2) is 0 Å². The Morgan fingerprint density at radius 3 is 3.00 bits per heavy atom. The Kier molecular flexibility index (Phi) is 4.28. The molecule has 0 spiro atoms. The van der Waals surface area contributed by atoms with Crippen LogP contribution in [0.5, 0.6) is 11.5 Å². The summed E-state index contributed by atoms with van der Waals surface area (Å²) in [5.74, 6) is 0.859. The van der Waals surface area contributed by atoms with E-state index in [1.54, 1.807) is 12.1 Å². The van der Waals surface area contributed by atoms with Gasteiger partial charge in [0.2, 0.25) is 6.79 Å². The molecule has 0 atom stereocenters. The predicted octanol–water partition coefficient (Wildman–Crippen LogP) is 1.41. The van der Waals surface area contributed by atoms with Crippen molar-refractivity contribution in [3.63, 3.8) is 0 Å². The number of carbonyl (C=O) groups is 1. The van der Waals surface area contributed by atoms with Crippen LogP contribution in [0.1, 0.15) is 16.8 Å². The molecular weight excluding hydrogens is 256 g/mol. The highest BCUT2D eigenvalue weighted by Crippen LogP contribution is 2.39. The second-order valence-corrected chi connectivity index (χ2v) is 4.31. The Morgan fingerprint density at radius 1 is 1.39 bits per heavy atom. The van der Waals surface area contributed by atoms with Gasteiger partial charge in [-0.1, -0.05) is 11.6 Å². The summed E-state index contributed by atoms with van der Waals surface area (Å²) in [7, 11) is 1.87. The van der Waals surface area contributed by atoms with Crippen molar-refractivity contribution in [1.29, 1.82) is 0 Å². The first-order valence-electron chi connectivity index (χ1n) is 5.74. The molecular formula is C12H15ClN2O3. The van der Waals surface area contributed by atoms with E-state index in [1.165, 1.54) is 0 Å². The lowest BCUT2D eigenvalue weighted by molar-refractivity contribution is 0.0953. The van der Waals surface area contributed by atoms with E-state index in [0.717, 1.165) is 13.0 Å². The van der Waals surface area contributed by atoms with E-state index in [9.17, 15) is 4.79 Å². The molecule has 1 aliphatic heterocycles. The lowest BCUT2D eigenvalue weighted by Crippen LogP contribution is -2.26. The number of hydrogen-bond acceptors (Lipinski definition) is 4. The van der Waals surface area contributed by atoms with E-state index >= 15 is 0 Å². The van der Waals surface area contributed by atoms with Gasteiger partial charge in [0.05, 0.1) is 5.02 Å². The fourth-order valence-electron chi connectivity index (χ4n) is 1.67. The minimum Gasteiger partial charge on any atom is -0.454 e. The van der Waals surface area contributed by atoms with Crippen molar-refractivity contribution in [2.24, 2.45) is 0 Å². The number of hydrogen-bond donors (Lipinski definition) is 2. The number of halogens is 1. The van der Waals surface area contributed by atoms with Gasteiger partial charge in [0.1, 0.15) is 0 Å². The molecule has 1 aliphatic rings. The molecule has 1 heterocycles. The molecule has 0 bridgehead atoms. The summed E-state index contributed by atoms with van der Waals surface area (Å²) in [6.45, 7) is 1.62. The van der Waals surface area contributed by atoms with Crippen LogP contribution in [-0.2, 0) is 0 Å². The Labute approximate surface area is 110 Å². The minimum atomic E-state index is -0.161. The van der Waals surface area contributed by atoms with Crippen LogP contribution in [0.3, 0.4) is 0 Å². The van der Waals surface area contributed by atoms with Gasteiger partial charge in [0.25, 0.3) is 5.91 Å². The van der Waals surface area contributed by atoms with Crippen LogP contribution in [0.15, 0.2) is 12.1 Å². The first-order valence-corrected chi connectivity index (χ1v) is 6.12. The van der Waals surface area contributed by atoms with E-state index in [4.69, 9.17) is 21.1 Å². The molecule has 0 saturated carbocycles. The van der Waals surface area contributed by atoms with E-state index in [0.29, 0.717) is 28.6 Å². The Balaban J connectivity index is 2.00. The van der Waals surface area contributed by atoms with Gasteiger partial charge in [-0.2, -0.15) is 0 Å². The highest BCUT2D eigenvalue weighted by Gasteiger charge is 2.20. The monoisotopic (exact) mass is 270 g/mol. The fourth-order valence-corrected chi connectivity index (χ4v) is 1.93. The largest absolute Gasteiger partial charge is 0.454 e. The van der Waals surface area contributed by atoms with Crippen molar-refractivity contribution >= 4 is 17.5 Å². The quantitative estimate of drug-likeness (QED) is 0.795. The first kappa shape index (κ1) is 13.0. The molecule has 98 valence electrons. The summed E-state index contributed by atoms with van der Waals surface area (Å²) in [6, 6.07) is 3.23. The zero-order chi connectivity index (χ0) is 13.0. The zero-order valence-electron chi connectivity index (χ0n) is 10.1. The Bertz CT molecular complexity index is 451. The maximum absolute atomic E-state index is 11.9. The van der Waals surface area contributed by atoms with Gasteiger partial charge in [-0.3, -0.25) is 4.79 Å². The highest BCUT2D eigenvalue weighted by atomic mass is 35.5. The SMILES string of the molecule is CNCCCNC(=O)c1cc(Cl)c2c(c1)OCO2. The molecule has 0 fully saturated rings. The van der Waals surface area contributed by atoms with Crippen LogP contribution in [0.4, 0.5) is 0 Å². The third-order valence-electron chi connectivity index (χ3n) is 2.58. The molecule has 1 aromatic rings. The molecule has 1 amide bonds. The predicted molar refractivity (Wildman–Crippen MR) is 68.5 cm³/mol. The maximum Gasteiger partial charge on any atom is 0.251 e. The highest BCUT2D eigenvalue weighted by molar-refractivity contribution is 6.32. The number of ether oxygens (including phenoxy) is 2. The summed E-state index contributed by atoms with van der Waals surface area (Å²) in [5.41, 5.74) is 0.480. The van der Waals surface area contributed by atoms with Crippen LogP contribution in [0.2, 0.25) is 5.02 Å². The molecule has 2 N–H and O–H groups in total. The number of fused-ring (bicyclic) bond motifs is 1. The third-order valence-corrected chi connectivity index (χ3v) is 2.86. The topological polar surface area (TPSA) is 59.6 Å². The van der Waals surface area contributed by atoms with Crippen molar-refractivity contribution < 1.29 is 14.3 Å². The van der Waals surface area contributed by atoms with Crippen molar-refractivity contribution in [2.75, 3.05) is 26.9 Å². The summed E-state index contributed by atoms with van der Waals surface area (Å²) >= 11 is 6.01. The van der Waals surface area contributed by atoms with Crippen LogP contribution < -0.4 is 20.1 Å². The molecule has 0 aromatic heterocycles. The second-order valence-electron chi connectivity index (χ2n) is 3.90. The molecule has 18 heavy (non-hydrogen) atoms. The number of rotatable bonds is 5. The first-order chi connectivity index (χ1) is 8.72. The van der Waals surface area contributed by atoms with Crippen molar-refractivity contribution in [3.05, 3.63) is 22.7 Å². The van der Waals surface area contributed by atoms with Gasteiger partial charge in [0.15, 0.2) is 11.5 Å². The van der Waals surface area contributed by atoms with Gasteiger partial charge in [-0.15, -0.1) is 0 Å². The molecule has 5 nitrogen and oxygen atoms in total. The number of amides is 1. The summed E-state index contributed by atoms with van der Waals surface area (Å²) in [6.07, 6.45) is 0.876. The number of nitrogens with one attached hydrogen (secondary N) is 2. The van der Waals surface area contributed by atoms with Gasteiger partial charge >= 0.3 is 0 Å². The molecule has 0 radical (unpaired) electrons. The third kappa shape index (κ3) is 2.86. The summed E-state index contributed by atoms with van der Waals surface area (Å²) in [5, 5.41) is 6.23. The lowest BCUT2D eigenvalue weighted by Gasteiger charge is -2.06. The van der Waals surface area contributed by atoms with Crippen LogP contribution in [0, 0.1) is 0 Å². The molecule has 1 aromatic carbocycles. The van der Waals surface area contributed by atoms with Crippen LogP contribution >= 0.6 is 11.6 Å². The van der Waals surface area contributed by atoms with Crippen LogP contribution in [0.25, 0.3) is 0 Å². The van der Waals surface area contributed by atoms with Gasteiger partial charge in [0, 0.05) is 12.1 Å². The fraction of sp³-hybridized carbons (Fsp3) is 0.417. The minimum absolute atomic E-state index is 0.141. The average Bonchev–Trinajstić information content (AvgIpc) is 2.83. The standard InChI is InChI=1S/C12H15ClN2O3/c1-14-3-2-4-15-12(16)8-5-9(13)11-10(6-8)17-7-18-11/h5-6,14H,2-4,7H2,1H3,(H,15,16). The van der Waals surface area contributed by atoms with E-state index < -0.39 is 0 Å². The Morgan fingerprint density at radius 2 is 2.22 bits per heavy atom. The normalized spacial score (nSPS) is 12.6. The van der Waals surface area contributed by atoms with Crippen molar-refractivity contribution in [2.45, 2.75) is 6.42 Å². The Hall–Kier alpha value is -1.46. The average molecular weight is 271 g/mol. The maximum atomic E-state index is 11.9. The zero-order valence-corrected chi connectivity index (χ0v) is 10.8. The molecule has 0 saturated heterocycles. The number of carbonyl (C=O) groups excluding carboxylic acids is 1. The molecule has 6 heteroatoms. The van der Waals surface area contributed by atoms with E-state index in [-0.39, 0.29) is 12.7 Å². The molecule has 0 aliphatic carbocycles. The summed E-state index contributed by atoms with van der Waals surface area (Å²) in [4.78, 5) is 11.9. The van der Waals surface area contributed by atoms with Crippen LogP contribution in [-0.4, -0.2) is 32.8 Å². The van der Waals surface area contributed by atoms with Gasteiger partial charge in [-0.05, 0) is 32.1 Å². The second kappa shape index (κ2) is 5.93. The van der Waals surface area contributed by atoms with E-state index in [1.807, 2.05) is 7.05 Å².